The Bertz CT molecular complexity index is 1250. The zero-order valence-electron chi connectivity index (χ0n) is 17.6. The Kier molecular flexibility index (Phi) is 5.95. The molecule has 0 saturated heterocycles. The van der Waals surface area contributed by atoms with Crippen LogP contribution in [0.5, 0.6) is 5.75 Å². The largest absolute Gasteiger partial charge is 0.496 e. The van der Waals surface area contributed by atoms with Gasteiger partial charge in [-0.1, -0.05) is 23.7 Å². The number of rotatable bonds is 7. The predicted octanol–water partition coefficient (Wildman–Crippen LogP) is 4.40. The van der Waals surface area contributed by atoms with E-state index in [-0.39, 0.29) is 19.0 Å². The Morgan fingerprint density at radius 2 is 2.00 bits per heavy atom. The highest BCUT2D eigenvalue weighted by atomic mass is 35.5. The molecule has 4 rings (SSSR count). The van der Waals surface area contributed by atoms with Crippen LogP contribution >= 0.6 is 11.6 Å². The molecule has 31 heavy (non-hydrogen) atoms. The van der Waals surface area contributed by atoms with E-state index in [2.05, 4.69) is 10.2 Å². The molecule has 0 bridgehead atoms. The molecule has 7 nitrogen and oxygen atoms in total. The molecule has 2 aromatic carbocycles. The fourth-order valence-corrected chi connectivity index (χ4v) is 3.66. The van der Waals surface area contributed by atoms with Crippen molar-refractivity contribution in [3.63, 3.8) is 0 Å². The number of esters is 1. The van der Waals surface area contributed by atoms with Crippen molar-refractivity contribution < 1.29 is 14.3 Å². The van der Waals surface area contributed by atoms with Gasteiger partial charge in [-0.25, -0.2) is 0 Å². The number of fused-ring (bicyclic) bond motifs is 1. The lowest BCUT2D eigenvalue weighted by Gasteiger charge is -2.06. The van der Waals surface area contributed by atoms with Crippen molar-refractivity contribution in [2.45, 2.75) is 26.5 Å². The van der Waals surface area contributed by atoms with Crippen LogP contribution in [0.3, 0.4) is 0 Å². The van der Waals surface area contributed by atoms with Crippen molar-refractivity contribution >= 4 is 28.5 Å². The van der Waals surface area contributed by atoms with Gasteiger partial charge in [0, 0.05) is 35.3 Å². The van der Waals surface area contributed by atoms with E-state index < -0.39 is 0 Å². The summed E-state index contributed by atoms with van der Waals surface area (Å²) >= 11 is 6.04. The summed E-state index contributed by atoms with van der Waals surface area (Å²) in [6.07, 6.45) is 1.96. The standard InChI is InChI=1S/C23H23ClN4O3/c1-4-28-21-9-15(5-6-16(21)13-25-28)14-31-23(29)12-18-11-20(26-27(18)2)19-8-7-17(24)10-22(19)30-3/h5-11,13H,4,12,14H2,1-3H3. The van der Waals surface area contributed by atoms with Crippen molar-refractivity contribution in [3.8, 4) is 17.0 Å². The summed E-state index contributed by atoms with van der Waals surface area (Å²) < 4.78 is 14.5. The summed E-state index contributed by atoms with van der Waals surface area (Å²) in [5.41, 5.74) is 4.22. The molecule has 0 atom stereocenters. The van der Waals surface area contributed by atoms with Gasteiger partial charge in [-0.2, -0.15) is 10.2 Å². The van der Waals surface area contributed by atoms with Crippen molar-refractivity contribution in [1.82, 2.24) is 19.6 Å². The average Bonchev–Trinajstić information content (AvgIpc) is 3.34. The number of halogens is 1. The van der Waals surface area contributed by atoms with E-state index in [4.69, 9.17) is 21.1 Å². The molecule has 0 saturated carbocycles. The molecule has 0 N–H and O–H groups in total. The molecule has 2 aromatic heterocycles. The number of benzene rings is 2. The third-order valence-corrected chi connectivity index (χ3v) is 5.39. The van der Waals surface area contributed by atoms with Crippen LogP contribution in [0.25, 0.3) is 22.2 Å². The second-order valence-corrected chi connectivity index (χ2v) is 7.62. The number of hydrogen-bond donors (Lipinski definition) is 0. The van der Waals surface area contributed by atoms with Gasteiger partial charge in [0.05, 0.1) is 30.9 Å². The third-order valence-electron chi connectivity index (χ3n) is 5.15. The van der Waals surface area contributed by atoms with Crippen molar-refractivity contribution in [2.75, 3.05) is 7.11 Å². The molecule has 0 spiro atoms. The number of methoxy groups -OCH3 is 1. The molecule has 0 aliphatic rings. The molecule has 4 aromatic rings. The maximum atomic E-state index is 12.5. The summed E-state index contributed by atoms with van der Waals surface area (Å²) in [4.78, 5) is 12.5. The number of ether oxygens (including phenoxy) is 2. The quantitative estimate of drug-likeness (QED) is 0.400. The number of aryl methyl sites for hydroxylation is 2. The Balaban J connectivity index is 1.45. The van der Waals surface area contributed by atoms with Gasteiger partial charge >= 0.3 is 5.97 Å². The molecule has 2 heterocycles. The molecular weight excluding hydrogens is 416 g/mol. The topological polar surface area (TPSA) is 71.2 Å². The zero-order chi connectivity index (χ0) is 22.0. The number of nitrogens with zero attached hydrogens (tertiary/aromatic N) is 4. The molecule has 160 valence electrons. The molecule has 0 radical (unpaired) electrons. The highest BCUT2D eigenvalue weighted by Gasteiger charge is 2.15. The fraction of sp³-hybridized carbons (Fsp3) is 0.261. The highest BCUT2D eigenvalue weighted by Crippen LogP contribution is 2.32. The molecule has 0 aliphatic heterocycles. The summed E-state index contributed by atoms with van der Waals surface area (Å²) in [7, 11) is 3.38. The summed E-state index contributed by atoms with van der Waals surface area (Å²) in [5.74, 6) is 0.308. The van der Waals surface area contributed by atoms with Gasteiger partial charge in [0.15, 0.2) is 0 Å². The van der Waals surface area contributed by atoms with Crippen LogP contribution in [0.2, 0.25) is 5.02 Å². The van der Waals surface area contributed by atoms with Gasteiger partial charge in [-0.3, -0.25) is 14.2 Å². The zero-order valence-corrected chi connectivity index (χ0v) is 18.4. The molecule has 0 unspecified atom stereocenters. The maximum Gasteiger partial charge on any atom is 0.312 e. The van der Waals surface area contributed by atoms with Crippen molar-refractivity contribution in [3.05, 3.63) is 64.9 Å². The van der Waals surface area contributed by atoms with Crippen LogP contribution < -0.4 is 4.74 Å². The van der Waals surface area contributed by atoms with Gasteiger partial charge in [0.2, 0.25) is 0 Å². The maximum absolute atomic E-state index is 12.5. The smallest absolute Gasteiger partial charge is 0.312 e. The first-order chi connectivity index (χ1) is 15.0. The van der Waals surface area contributed by atoms with E-state index in [1.807, 2.05) is 48.1 Å². The third kappa shape index (κ3) is 4.41. The Labute approximate surface area is 185 Å². The molecular formula is C23H23ClN4O3. The second kappa shape index (κ2) is 8.81. The predicted molar refractivity (Wildman–Crippen MR) is 119 cm³/mol. The van der Waals surface area contributed by atoms with Crippen molar-refractivity contribution in [2.24, 2.45) is 7.05 Å². The van der Waals surface area contributed by atoms with Crippen molar-refractivity contribution in [1.29, 1.82) is 0 Å². The lowest BCUT2D eigenvalue weighted by atomic mass is 10.1. The van der Waals surface area contributed by atoms with Crippen LogP contribution in [0.15, 0.2) is 48.7 Å². The second-order valence-electron chi connectivity index (χ2n) is 7.18. The van der Waals surface area contributed by atoms with Gasteiger partial charge in [-0.05, 0) is 42.8 Å². The van der Waals surface area contributed by atoms with Crippen LogP contribution in [0, 0.1) is 0 Å². The monoisotopic (exact) mass is 438 g/mol. The highest BCUT2D eigenvalue weighted by molar-refractivity contribution is 6.30. The number of carbonyl (C=O) groups is 1. The van der Waals surface area contributed by atoms with E-state index in [1.165, 1.54) is 0 Å². The fourth-order valence-electron chi connectivity index (χ4n) is 3.50. The molecule has 8 heteroatoms. The Hall–Kier alpha value is -3.32. The van der Waals surface area contributed by atoms with Gasteiger partial charge in [0.25, 0.3) is 0 Å². The van der Waals surface area contributed by atoms with E-state index in [1.54, 1.807) is 31.0 Å². The first-order valence-electron chi connectivity index (χ1n) is 9.95. The van der Waals surface area contributed by atoms with Crippen LogP contribution in [0.1, 0.15) is 18.2 Å². The van der Waals surface area contributed by atoms with Gasteiger partial charge in [0.1, 0.15) is 12.4 Å². The van der Waals surface area contributed by atoms with E-state index >= 15 is 0 Å². The van der Waals surface area contributed by atoms with Gasteiger partial charge in [-0.15, -0.1) is 0 Å². The lowest BCUT2D eigenvalue weighted by Crippen LogP contribution is -2.11. The minimum atomic E-state index is -0.318. The first-order valence-corrected chi connectivity index (χ1v) is 10.3. The molecule has 0 aliphatic carbocycles. The summed E-state index contributed by atoms with van der Waals surface area (Å²) in [6, 6.07) is 13.2. The SMILES string of the molecule is CCn1ncc2ccc(COC(=O)Cc3cc(-c4ccc(Cl)cc4OC)nn3C)cc21. The number of hydrogen-bond acceptors (Lipinski definition) is 5. The van der Waals surface area contributed by atoms with Gasteiger partial charge < -0.3 is 9.47 Å². The Morgan fingerprint density at radius 1 is 1.16 bits per heavy atom. The lowest BCUT2D eigenvalue weighted by molar-refractivity contribution is -0.144. The first kappa shape index (κ1) is 20.9. The van der Waals surface area contributed by atoms with Crippen LogP contribution in [-0.2, 0) is 36.2 Å². The molecule has 0 fully saturated rings. The van der Waals surface area contributed by atoms with Crippen LogP contribution in [-0.4, -0.2) is 32.6 Å². The number of aromatic nitrogens is 4. The normalized spacial score (nSPS) is 11.1. The van der Waals surface area contributed by atoms with E-state index in [0.717, 1.165) is 34.3 Å². The summed E-state index contributed by atoms with van der Waals surface area (Å²) in [6.45, 7) is 3.04. The minimum absolute atomic E-state index is 0.120. The van der Waals surface area contributed by atoms with E-state index in [0.29, 0.717) is 16.5 Å². The van der Waals surface area contributed by atoms with Crippen LogP contribution in [0.4, 0.5) is 0 Å². The Morgan fingerprint density at radius 3 is 2.77 bits per heavy atom. The number of carbonyl (C=O) groups excluding carboxylic acids is 1. The summed E-state index contributed by atoms with van der Waals surface area (Å²) in [5, 5.41) is 10.5. The van der Waals surface area contributed by atoms with E-state index in [9.17, 15) is 4.79 Å². The molecule has 0 amide bonds. The minimum Gasteiger partial charge on any atom is -0.496 e. The average molecular weight is 439 g/mol.